The van der Waals surface area contributed by atoms with Crippen molar-refractivity contribution in [3.05, 3.63) is 77.4 Å². The molecule has 0 saturated heterocycles. The summed E-state index contributed by atoms with van der Waals surface area (Å²) >= 11 is 0. The highest BCUT2D eigenvalue weighted by Gasteiger charge is 2.28. The van der Waals surface area contributed by atoms with E-state index in [2.05, 4.69) is 26.6 Å². The van der Waals surface area contributed by atoms with Crippen molar-refractivity contribution >= 4 is 17.4 Å². The lowest BCUT2D eigenvalue weighted by atomic mass is 10.1. The third-order valence-electron chi connectivity index (χ3n) is 5.15. The minimum absolute atomic E-state index is 0.256. The molecule has 1 amide bonds. The Labute approximate surface area is 184 Å². The molecule has 0 aliphatic rings. The molecule has 3 aromatic heterocycles. The minimum atomic E-state index is -0.256. The number of amides is 1. The van der Waals surface area contributed by atoms with Crippen LogP contribution in [0.15, 0.2) is 59.5 Å². The number of rotatable bonds is 6. The summed E-state index contributed by atoms with van der Waals surface area (Å²) in [4.78, 5) is 18.9. The van der Waals surface area contributed by atoms with E-state index in [1.807, 2.05) is 18.2 Å². The molecular weight excluding hydrogens is 406 g/mol. The SMILES string of the molecule is Cc1onc(-c2cnn(C)c2NCc2ccc(C#N)cc2)c1C(=O)N(C)c1cccnc1. The van der Waals surface area contributed by atoms with Crippen LogP contribution in [0.3, 0.4) is 0 Å². The van der Waals surface area contributed by atoms with Crippen LogP contribution >= 0.6 is 0 Å². The molecule has 0 spiro atoms. The topological polar surface area (TPSA) is 113 Å². The molecule has 32 heavy (non-hydrogen) atoms. The Morgan fingerprint density at radius 2 is 2.03 bits per heavy atom. The lowest BCUT2D eigenvalue weighted by Crippen LogP contribution is -2.27. The Kier molecular flexibility index (Phi) is 5.68. The lowest BCUT2D eigenvalue weighted by Gasteiger charge is -2.17. The van der Waals surface area contributed by atoms with Gasteiger partial charge in [-0.25, -0.2) is 0 Å². The van der Waals surface area contributed by atoms with E-state index in [9.17, 15) is 4.79 Å². The molecule has 0 unspecified atom stereocenters. The number of hydrogen-bond donors (Lipinski definition) is 1. The number of aromatic nitrogens is 4. The van der Waals surface area contributed by atoms with E-state index in [1.54, 1.807) is 62.5 Å². The number of anilines is 2. The van der Waals surface area contributed by atoms with Gasteiger partial charge in [-0.15, -0.1) is 0 Å². The molecule has 0 atom stereocenters. The van der Waals surface area contributed by atoms with Crippen molar-refractivity contribution in [2.75, 3.05) is 17.3 Å². The Hall–Kier alpha value is -4.45. The van der Waals surface area contributed by atoms with E-state index < -0.39 is 0 Å². The number of carbonyl (C=O) groups excluding carboxylic acids is 1. The van der Waals surface area contributed by atoms with Crippen molar-refractivity contribution in [3.8, 4) is 17.3 Å². The first-order chi connectivity index (χ1) is 15.5. The monoisotopic (exact) mass is 427 g/mol. The van der Waals surface area contributed by atoms with Crippen LogP contribution in [0.4, 0.5) is 11.5 Å². The summed E-state index contributed by atoms with van der Waals surface area (Å²) in [5, 5.41) is 20.8. The largest absolute Gasteiger partial charge is 0.366 e. The summed E-state index contributed by atoms with van der Waals surface area (Å²) in [6.07, 6.45) is 4.92. The zero-order valence-electron chi connectivity index (χ0n) is 17.9. The number of nitrogens with zero attached hydrogens (tertiary/aromatic N) is 6. The fourth-order valence-electron chi connectivity index (χ4n) is 3.35. The van der Waals surface area contributed by atoms with Crippen molar-refractivity contribution < 1.29 is 9.32 Å². The fraction of sp³-hybridized carbons (Fsp3) is 0.174. The second-order valence-electron chi connectivity index (χ2n) is 7.23. The number of nitrogens with one attached hydrogen (secondary N) is 1. The zero-order valence-corrected chi connectivity index (χ0v) is 17.9. The summed E-state index contributed by atoms with van der Waals surface area (Å²) < 4.78 is 7.08. The molecule has 1 aromatic carbocycles. The van der Waals surface area contributed by atoms with Crippen molar-refractivity contribution in [2.24, 2.45) is 7.05 Å². The van der Waals surface area contributed by atoms with Gasteiger partial charge in [0.15, 0.2) is 0 Å². The van der Waals surface area contributed by atoms with Gasteiger partial charge in [0.05, 0.1) is 35.3 Å². The van der Waals surface area contributed by atoms with Crippen LogP contribution in [0.25, 0.3) is 11.3 Å². The molecule has 3 heterocycles. The van der Waals surface area contributed by atoms with Crippen molar-refractivity contribution in [3.63, 3.8) is 0 Å². The fourth-order valence-corrected chi connectivity index (χ4v) is 3.35. The number of nitriles is 1. The second kappa shape index (κ2) is 8.73. The summed E-state index contributed by atoms with van der Waals surface area (Å²) in [5.41, 5.74) is 3.70. The predicted octanol–water partition coefficient (Wildman–Crippen LogP) is 3.54. The van der Waals surface area contributed by atoms with Crippen LogP contribution in [-0.2, 0) is 13.6 Å². The molecule has 0 bridgehead atoms. The number of pyridine rings is 1. The zero-order chi connectivity index (χ0) is 22.7. The van der Waals surface area contributed by atoms with E-state index >= 15 is 0 Å². The van der Waals surface area contributed by atoms with Gasteiger partial charge in [0, 0.05) is 26.8 Å². The van der Waals surface area contributed by atoms with Crippen LogP contribution in [0, 0.1) is 18.3 Å². The Morgan fingerprint density at radius 1 is 1.25 bits per heavy atom. The molecule has 4 rings (SSSR count). The molecule has 4 aromatic rings. The normalized spacial score (nSPS) is 10.6. The molecule has 0 aliphatic heterocycles. The highest BCUT2D eigenvalue weighted by molar-refractivity contribution is 6.10. The molecule has 9 nitrogen and oxygen atoms in total. The standard InChI is InChI=1S/C23H21N7O2/c1-15-20(23(31)29(2)18-5-4-10-25-13-18)21(28-32-15)19-14-27-30(3)22(19)26-12-17-8-6-16(11-24)7-9-17/h4-10,13-14,26H,12H2,1-3H3. The van der Waals surface area contributed by atoms with E-state index in [4.69, 9.17) is 9.78 Å². The predicted molar refractivity (Wildman–Crippen MR) is 119 cm³/mol. The van der Waals surface area contributed by atoms with Crippen molar-refractivity contribution in [2.45, 2.75) is 13.5 Å². The molecule has 0 fully saturated rings. The van der Waals surface area contributed by atoms with E-state index in [0.717, 1.165) is 5.56 Å². The first-order valence-electron chi connectivity index (χ1n) is 9.89. The maximum absolute atomic E-state index is 13.3. The first kappa shape index (κ1) is 20.8. The van der Waals surface area contributed by atoms with Gasteiger partial charge in [-0.3, -0.25) is 14.5 Å². The average molecular weight is 427 g/mol. The van der Waals surface area contributed by atoms with E-state index in [1.165, 1.54) is 4.90 Å². The summed E-state index contributed by atoms with van der Waals surface area (Å²) in [6.45, 7) is 2.22. The average Bonchev–Trinajstić information content (AvgIpc) is 3.39. The van der Waals surface area contributed by atoms with E-state index in [0.29, 0.717) is 46.2 Å². The van der Waals surface area contributed by atoms with Gasteiger partial charge < -0.3 is 14.7 Å². The van der Waals surface area contributed by atoms with Gasteiger partial charge >= 0.3 is 0 Å². The Morgan fingerprint density at radius 3 is 2.72 bits per heavy atom. The maximum Gasteiger partial charge on any atom is 0.263 e. The summed E-state index contributed by atoms with van der Waals surface area (Å²) in [5.74, 6) is 0.858. The number of benzene rings is 1. The van der Waals surface area contributed by atoms with Gasteiger partial charge in [-0.2, -0.15) is 10.4 Å². The molecule has 0 aliphatic carbocycles. The maximum atomic E-state index is 13.3. The molecular formula is C23H21N7O2. The minimum Gasteiger partial charge on any atom is -0.366 e. The first-order valence-corrected chi connectivity index (χ1v) is 9.89. The summed E-state index contributed by atoms with van der Waals surface area (Å²) in [7, 11) is 3.49. The van der Waals surface area contributed by atoms with Crippen molar-refractivity contribution in [1.82, 2.24) is 19.9 Å². The Bertz CT molecular complexity index is 1280. The third-order valence-corrected chi connectivity index (χ3v) is 5.15. The van der Waals surface area contributed by atoms with Crippen LogP contribution in [-0.4, -0.2) is 32.9 Å². The van der Waals surface area contributed by atoms with E-state index in [-0.39, 0.29) is 5.91 Å². The Balaban J connectivity index is 1.64. The highest BCUT2D eigenvalue weighted by Crippen LogP contribution is 2.32. The van der Waals surface area contributed by atoms with Crippen LogP contribution < -0.4 is 10.2 Å². The van der Waals surface area contributed by atoms with Gasteiger partial charge in [0.25, 0.3) is 5.91 Å². The highest BCUT2D eigenvalue weighted by atomic mass is 16.5. The number of carbonyl (C=O) groups is 1. The lowest BCUT2D eigenvalue weighted by molar-refractivity contribution is 0.0992. The molecule has 0 radical (unpaired) electrons. The van der Waals surface area contributed by atoms with Crippen LogP contribution in [0.1, 0.15) is 27.2 Å². The second-order valence-corrected chi connectivity index (χ2v) is 7.23. The van der Waals surface area contributed by atoms with Crippen LogP contribution in [0.5, 0.6) is 0 Å². The molecule has 1 N–H and O–H groups in total. The van der Waals surface area contributed by atoms with Crippen LogP contribution in [0.2, 0.25) is 0 Å². The van der Waals surface area contributed by atoms with Gasteiger partial charge in [-0.1, -0.05) is 17.3 Å². The smallest absolute Gasteiger partial charge is 0.263 e. The molecule has 160 valence electrons. The quantitative estimate of drug-likeness (QED) is 0.501. The number of hydrogen-bond acceptors (Lipinski definition) is 7. The third kappa shape index (κ3) is 3.94. The van der Waals surface area contributed by atoms with Crippen molar-refractivity contribution in [1.29, 1.82) is 5.26 Å². The number of aryl methyl sites for hydroxylation is 2. The molecule has 0 saturated carbocycles. The van der Waals surface area contributed by atoms with Gasteiger partial charge in [0.2, 0.25) is 0 Å². The van der Waals surface area contributed by atoms with Gasteiger partial charge in [0.1, 0.15) is 22.8 Å². The molecule has 9 heteroatoms. The van der Waals surface area contributed by atoms with Gasteiger partial charge in [-0.05, 0) is 36.8 Å². The summed E-state index contributed by atoms with van der Waals surface area (Å²) in [6, 6.07) is 13.0.